The Morgan fingerprint density at radius 1 is 1.29 bits per heavy atom. The normalized spacial score (nSPS) is 14.1. The third-order valence-electron chi connectivity index (χ3n) is 3.72. The molecule has 2 aromatic rings. The molecular weight excluding hydrogens is 280 g/mol. The number of hydrogen-bond donors (Lipinski definition) is 2. The van der Waals surface area contributed by atoms with Gasteiger partial charge in [-0.3, -0.25) is 10.1 Å². The van der Waals surface area contributed by atoms with E-state index in [0.717, 1.165) is 13.0 Å². The first kappa shape index (κ1) is 16.0. The minimum absolute atomic E-state index is 0.0717. The van der Waals surface area contributed by atoms with Gasteiger partial charge in [-0.1, -0.05) is 25.1 Å². The van der Waals surface area contributed by atoms with E-state index in [0.29, 0.717) is 0 Å². The molecule has 21 heavy (non-hydrogen) atoms. The van der Waals surface area contributed by atoms with Crippen LogP contribution >= 0.6 is 11.3 Å². The van der Waals surface area contributed by atoms with Gasteiger partial charge < -0.3 is 5.32 Å². The van der Waals surface area contributed by atoms with Gasteiger partial charge in [-0.2, -0.15) is 0 Å². The van der Waals surface area contributed by atoms with Crippen LogP contribution in [0.3, 0.4) is 0 Å². The fourth-order valence-corrected chi connectivity index (χ4v) is 3.76. The number of aryl methyl sites for hydroxylation is 1. The smallest absolute Gasteiger partial charge is 0.236 e. The van der Waals surface area contributed by atoms with E-state index in [1.807, 2.05) is 18.3 Å². The summed E-state index contributed by atoms with van der Waals surface area (Å²) in [7, 11) is 0. The van der Waals surface area contributed by atoms with Gasteiger partial charge in [0.1, 0.15) is 0 Å². The molecule has 2 rings (SSSR count). The van der Waals surface area contributed by atoms with Crippen molar-refractivity contribution in [1.82, 2.24) is 10.6 Å². The summed E-state index contributed by atoms with van der Waals surface area (Å²) < 4.78 is 1.31. The monoisotopic (exact) mass is 304 g/mol. The Hall–Kier alpha value is -1.39. The van der Waals surface area contributed by atoms with Gasteiger partial charge in [0.15, 0.2) is 0 Å². The summed E-state index contributed by atoms with van der Waals surface area (Å²) in [5, 5.41) is 7.65. The number of fused-ring (bicyclic) bond motifs is 1. The third-order valence-corrected chi connectivity index (χ3v) is 5.17. The summed E-state index contributed by atoms with van der Waals surface area (Å²) in [4.78, 5) is 13.3. The van der Waals surface area contributed by atoms with Crippen LogP contribution in [-0.2, 0) is 4.79 Å². The van der Waals surface area contributed by atoms with Crippen molar-refractivity contribution in [2.24, 2.45) is 0 Å². The first-order valence-corrected chi connectivity index (χ1v) is 8.38. The van der Waals surface area contributed by atoms with Crippen LogP contribution in [0.5, 0.6) is 0 Å². The van der Waals surface area contributed by atoms with Gasteiger partial charge in [-0.05, 0) is 44.2 Å². The van der Waals surface area contributed by atoms with Gasteiger partial charge in [0.25, 0.3) is 0 Å². The van der Waals surface area contributed by atoms with E-state index >= 15 is 0 Å². The van der Waals surface area contributed by atoms with E-state index < -0.39 is 0 Å². The van der Waals surface area contributed by atoms with Crippen LogP contribution in [0.25, 0.3) is 10.1 Å². The average molecular weight is 304 g/mol. The fourth-order valence-electron chi connectivity index (χ4n) is 2.53. The van der Waals surface area contributed by atoms with Gasteiger partial charge >= 0.3 is 0 Å². The Morgan fingerprint density at radius 2 is 2.00 bits per heavy atom. The molecule has 0 fully saturated rings. The summed E-state index contributed by atoms with van der Waals surface area (Å²) in [5.74, 6) is 0.0717. The van der Waals surface area contributed by atoms with Gasteiger partial charge in [-0.15, -0.1) is 11.3 Å². The molecule has 0 aliphatic heterocycles. The first-order valence-electron chi connectivity index (χ1n) is 7.56. The van der Waals surface area contributed by atoms with Crippen molar-refractivity contribution in [2.75, 3.05) is 6.54 Å². The molecule has 3 nitrogen and oxygen atoms in total. The van der Waals surface area contributed by atoms with Crippen molar-refractivity contribution in [2.45, 2.75) is 46.2 Å². The minimum Gasteiger partial charge on any atom is -0.355 e. The van der Waals surface area contributed by atoms with E-state index in [4.69, 9.17) is 0 Å². The minimum atomic E-state index is -0.184. The molecule has 1 aromatic heterocycles. The quantitative estimate of drug-likeness (QED) is 0.853. The van der Waals surface area contributed by atoms with Crippen molar-refractivity contribution in [1.29, 1.82) is 0 Å². The molecule has 0 spiro atoms. The maximum Gasteiger partial charge on any atom is 0.236 e. The van der Waals surface area contributed by atoms with Crippen molar-refractivity contribution in [3.63, 3.8) is 0 Å². The highest BCUT2D eigenvalue weighted by Gasteiger charge is 2.19. The summed E-state index contributed by atoms with van der Waals surface area (Å²) in [6.07, 6.45) is 0.962. The standard InChI is InChI=1S/C17H24N2OS/c1-5-10-18-17(20)13(4)19-12(3)16-11(2)14-8-6-7-9-15(14)21-16/h6-9,12-13,19H,5,10H2,1-4H3,(H,18,20). The molecule has 0 aliphatic carbocycles. The Labute approximate surface area is 130 Å². The second-order valence-electron chi connectivity index (χ2n) is 5.49. The zero-order chi connectivity index (χ0) is 15.4. The Morgan fingerprint density at radius 3 is 2.67 bits per heavy atom. The summed E-state index contributed by atoms with van der Waals surface area (Å²) in [6, 6.07) is 8.45. The highest BCUT2D eigenvalue weighted by atomic mass is 32.1. The Balaban J connectivity index is 2.10. The molecule has 4 heteroatoms. The van der Waals surface area contributed by atoms with Crippen LogP contribution < -0.4 is 10.6 Å². The summed E-state index contributed by atoms with van der Waals surface area (Å²) in [5.41, 5.74) is 1.32. The number of thiophene rings is 1. The lowest BCUT2D eigenvalue weighted by Gasteiger charge is -2.19. The molecule has 2 atom stereocenters. The largest absolute Gasteiger partial charge is 0.355 e. The lowest BCUT2D eigenvalue weighted by atomic mass is 10.1. The second kappa shape index (κ2) is 7.05. The van der Waals surface area contributed by atoms with Gasteiger partial charge in [0.2, 0.25) is 5.91 Å². The molecular formula is C17H24N2OS. The predicted molar refractivity (Wildman–Crippen MR) is 90.9 cm³/mol. The molecule has 0 bridgehead atoms. The van der Waals surface area contributed by atoms with Gasteiger partial charge in [-0.25, -0.2) is 0 Å². The second-order valence-corrected chi connectivity index (χ2v) is 6.57. The highest BCUT2D eigenvalue weighted by Crippen LogP contribution is 2.34. The summed E-state index contributed by atoms with van der Waals surface area (Å²) >= 11 is 1.81. The van der Waals surface area contributed by atoms with E-state index in [2.05, 4.69) is 55.7 Å². The average Bonchev–Trinajstić information content (AvgIpc) is 2.82. The lowest BCUT2D eigenvalue weighted by Crippen LogP contribution is -2.43. The van der Waals surface area contributed by atoms with Crippen LogP contribution in [0, 0.1) is 6.92 Å². The fraction of sp³-hybridized carbons (Fsp3) is 0.471. The molecule has 1 amide bonds. The van der Waals surface area contributed by atoms with Crippen molar-refractivity contribution >= 4 is 27.3 Å². The number of amides is 1. The molecule has 0 aliphatic rings. The Kier molecular flexibility index (Phi) is 5.37. The van der Waals surface area contributed by atoms with E-state index in [9.17, 15) is 4.79 Å². The van der Waals surface area contributed by atoms with Crippen molar-refractivity contribution < 1.29 is 4.79 Å². The number of benzene rings is 1. The molecule has 0 saturated heterocycles. The molecule has 0 saturated carbocycles. The molecule has 2 N–H and O–H groups in total. The Bertz CT molecular complexity index is 620. The molecule has 1 heterocycles. The molecule has 2 unspecified atom stereocenters. The maximum atomic E-state index is 12.0. The van der Waals surface area contributed by atoms with Crippen LogP contribution in [0.1, 0.15) is 43.7 Å². The third kappa shape index (κ3) is 3.63. The van der Waals surface area contributed by atoms with Gasteiger partial charge in [0, 0.05) is 22.2 Å². The van der Waals surface area contributed by atoms with Crippen LogP contribution in [0.15, 0.2) is 24.3 Å². The first-order chi connectivity index (χ1) is 10.0. The molecule has 0 radical (unpaired) electrons. The zero-order valence-corrected chi connectivity index (χ0v) is 14.0. The van der Waals surface area contributed by atoms with E-state index in [1.165, 1.54) is 20.5 Å². The van der Waals surface area contributed by atoms with Crippen LogP contribution in [-0.4, -0.2) is 18.5 Å². The molecule has 114 valence electrons. The SMILES string of the molecule is CCCNC(=O)C(C)NC(C)c1sc2ccccc2c1C. The number of carbonyl (C=O) groups excluding carboxylic acids is 1. The lowest BCUT2D eigenvalue weighted by molar-refractivity contribution is -0.122. The number of carbonyl (C=O) groups is 1. The maximum absolute atomic E-state index is 12.0. The number of rotatable bonds is 6. The zero-order valence-electron chi connectivity index (χ0n) is 13.2. The van der Waals surface area contributed by atoms with E-state index in [-0.39, 0.29) is 18.0 Å². The topological polar surface area (TPSA) is 41.1 Å². The summed E-state index contributed by atoms with van der Waals surface area (Å²) in [6.45, 7) is 9.00. The highest BCUT2D eigenvalue weighted by molar-refractivity contribution is 7.19. The van der Waals surface area contributed by atoms with Crippen LogP contribution in [0.2, 0.25) is 0 Å². The molecule has 1 aromatic carbocycles. The number of hydrogen-bond acceptors (Lipinski definition) is 3. The van der Waals surface area contributed by atoms with E-state index in [1.54, 1.807) is 0 Å². The number of nitrogens with one attached hydrogen (secondary N) is 2. The van der Waals surface area contributed by atoms with Crippen molar-refractivity contribution in [3.8, 4) is 0 Å². The predicted octanol–water partition coefficient (Wildman–Crippen LogP) is 3.78. The van der Waals surface area contributed by atoms with Crippen molar-refractivity contribution in [3.05, 3.63) is 34.7 Å². The van der Waals surface area contributed by atoms with Gasteiger partial charge in [0.05, 0.1) is 6.04 Å². The van der Waals surface area contributed by atoms with Crippen LogP contribution in [0.4, 0.5) is 0 Å².